The molecule has 4 atom stereocenters. The van der Waals surface area contributed by atoms with Gasteiger partial charge in [-0.3, -0.25) is 9.59 Å². The first-order valence-electron chi connectivity index (χ1n) is 10.4. The van der Waals surface area contributed by atoms with Gasteiger partial charge in [0.1, 0.15) is 18.2 Å². The van der Waals surface area contributed by atoms with Crippen LogP contribution in [0.5, 0.6) is 0 Å². The zero-order valence-electron chi connectivity index (χ0n) is 17.9. The van der Waals surface area contributed by atoms with E-state index in [-0.39, 0.29) is 17.9 Å². The topological polar surface area (TPSA) is 120 Å². The number of benzene rings is 1. The van der Waals surface area contributed by atoms with Crippen molar-refractivity contribution in [1.29, 1.82) is 0 Å². The van der Waals surface area contributed by atoms with Crippen LogP contribution in [0.25, 0.3) is 0 Å². The van der Waals surface area contributed by atoms with Crippen molar-refractivity contribution in [3.8, 4) is 0 Å². The average Bonchev–Trinajstić information content (AvgIpc) is 3.22. The molecule has 0 radical (unpaired) electrons. The summed E-state index contributed by atoms with van der Waals surface area (Å²) in [6.07, 6.45) is 1.23. The van der Waals surface area contributed by atoms with Gasteiger partial charge in [-0.15, -0.1) is 0 Å². The number of ether oxygens (including phenoxy) is 2. The Kier molecular flexibility index (Phi) is 9.26. The van der Waals surface area contributed by atoms with Gasteiger partial charge in [0.2, 0.25) is 11.8 Å². The molecule has 0 saturated carbocycles. The fraction of sp³-hybridized carbons (Fsp3) is 0.591. The van der Waals surface area contributed by atoms with Crippen LogP contribution < -0.4 is 16.4 Å². The molecule has 1 heterocycles. The molecule has 2 amide bonds. The summed E-state index contributed by atoms with van der Waals surface area (Å²) in [5, 5.41) is 5.54. The zero-order valence-corrected chi connectivity index (χ0v) is 17.9. The summed E-state index contributed by atoms with van der Waals surface area (Å²) in [4.78, 5) is 37.9. The van der Waals surface area contributed by atoms with Gasteiger partial charge in [0, 0.05) is 13.0 Å². The second-order valence-electron chi connectivity index (χ2n) is 8.02. The Morgan fingerprint density at radius 3 is 2.40 bits per heavy atom. The van der Waals surface area contributed by atoms with Crippen molar-refractivity contribution >= 4 is 17.8 Å². The van der Waals surface area contributed by atoms with Crippen molar-refractivity contribution in [3.05, 3.63) is 35.9 Å². The van der Waals surface area contributed by atoms with Crippen LogP contribution in [0.15, 0.2) is 30.3 Å². The third-order valence-electron chi connectivity index (χ3n) is 5.09. The molecule has 0 unspecified atom stereocenters. The smallest absolute Gasteiger partial charge is 0.328 e. The van der Waals surface area contributed by atoms with Gasteiger partial charge >= 0.3 is 5.97 Å². The standard InChI is InChI=1S/C22H33N3O5/c1-14(2)11-18(22(28)29-3)25-20(26)17(12-15-7-5-4-6-8-15)24-21(27)19-10-9-16(13-23)30-19/h4-8,14,16-19H,9-13,23H2,1-3H3,(H,24,27)(H,25,26)/t16-,17+,18+,19-/m1/s1. The SMILES string of the molecule is COC(=O)[C@H](CC(C)C)NC(=O)[C@H](Cc1ccccc1)NC(=O)[C@H]1CC[C@H](CN)O1. The number of rotatable bonds is 10. The normalized spacial score (nSPS) is 20.4. The van der Waals surface area contributed by atoms with E-state index in [1.807, 2.05) is 44.2 Å². The molecule has 1 aliphatic rings. The van der Waals surface area contributed by atoms with Crippen LogP contribution in [0.1, 0.15) is 38.7 Å². The summed E-state index contributed by atoms with van der Waals surface area (Å²) in [5.41, 5.74) is 6.51. The van der Waals surface area contributed by atoms with E-state index in [1.165, 1.54) is 7.11 Å². The molecule has 1 aromatic rings. The molecule has 0 aromatic heterocycles. The molecule has 4 N–H and O–H groups in total. The maximum atomic E-state index is 13.0. The van der Waals surface area contributed by atoms with E-state index in [2.05, 4.69) is 10.6 Å². The largest absolute Gasteiger partial charge is 0.467 e. The van der Waals surface area contributed by atoms with E-state index < -0.39 is 30.1 Å². The third kappa shape index (κ3) is 7.11. The van der Waals surface area contributed by atoms with Crippen molar-refractivity contribution in [2.45, 2.75) is 63.8 Å². The van der Waals surface area contributed by atoms with Gasteiger partial charge < -0.3 is 25.8 Å². The van der Waals surface area contributed by atoms with Crippen LogP contribution in [-0.4, -0.2) is 55.7 Å². The van der Waals surface area contributed by atoms with Crippen LogP contribution in [0, 0.1) is 5.92 Å². The maximum Gasteiger partial charge on any atom is 0.328 e. The summed E-state index contributed by atoms with van der Waals surface area (Å²) in [6, 6.07) is 7.76. The lowest BCUT2D eigenvalue weighted by molar-refractivity contribution is -0.146. The van der Waals surface area contributed by atoms with Crippen LogP contribution in [0.3, 0.4) is 0 Å². The Labute approximate surface area is 177 Å². The van der Waals surface area contributed by atoms with Gasteiger partial charge in [0.15, 0.2) is 0 Å². The number of amides is 2. The van der Waals surface area contributed by atoms with Gasteiger partial charge in [-0.25, -0.2) is 4.79 Å². The number of nitrogens with one attached hydrogen (secondary N) is 2. The lowest BCUT2D eigenvalue weighted by Gasteiger charge is -2.24. The Morgan fingerprint density at radius 1 is 1.13 bits per heavy atom. The molecule has 1 aromatic carbocycles. The van der Waals surface area contributed by atoms with E-state index in [9.17, 15) is 14.4 Å². The van der Waals surface area contributed by atoms with E-state index >= 15 is 0 Å². The Hall–Kier alpha value is -2.45. The van der Waals surface area contributed by atoms with Crippen LogP contribution >= 0.6 is 0 Å². The highest BCUT2D eigenvalue weighted by atomic mass is 16.5. The summed E-state index contributed by atoms with van der Waals surface area (Å²) >= 11 is 0. The minimum atomic E-state index is -0.847. The van der Waals surface area contributed by atoms with Crippen molar-refractivity contribution in [2.75, 3.05) is 13.7 Å². The zero-order chi connectivity index (χ0) is 22.1. The number of carbonyl (C=O) groups excluding carboxylic acids is 3. The number of hydrogen-bond acceptors (Lipinski definition) is 6. The lowest BCUT2D eigenvalue weighted by Crippen LogP contribution is -2.54. The highest BCUT2D eigenvalue weighted by Gasteiger charge is 2.33. The van der Waals surface area contributed by atoms with E-state index in [1.54, 1.807) is 0 Å². The molecule has 0 aliphatic carbocycles. The minimum Gasteiger partial charge on any atom is -0.467 e. The first-order chi connectivity index (χ1) is 14.3. The van der Waals surface area contributed by atoms with Crippen molar-refractivity contribution < 1.29 is 23.9 Å². The highest BCUT2D eigenvalue weighted by Crippen LogP contribution is 2.19. The molecule has 0 bridgehead atoms. The first-order valence-corrected chi connectivity index (χ1v) is 10.4. The van der Waals surface area contributed by atoms with Gasteiger partial charge in [-0.2, -0.15) is 0 Å². The average molecular weight is 420 g/mol. The number of nitrogens with two attached hydrogens (primary N) is 1. The van der Waals surface area contributed by atoms with Crippen molar-refractivity contribution in [3.63, 3.8) is 0 Å². The molecule has 2 rings (SSSR count). The number of methoxy groups -OCH3 is 1. The van der Waals surface area contributed by atoms with Gasteiger partial charge in [0.25, 0.3) is 0 Å². The predicted octanol–water partition coefficient (Wildman–Crippen LogP) is 0.924. The second kappa shape index (κ2) is 11.7. The summed E-state index contributed by atoms with van der Waals surface area (Å²) in [7, 11) is 1.29. The molecule has 30 heavy (non-hydrogen) atoms. The van der Waals surface area contributed by atoms with E-state index in [0.717, 1.165) is 5.56 Å². The Bertz CT molecular complexity index is 710. The molecular weight excluding hydrogens is 386 g/mol. The van der Waals surface area contributed by atoms with Crippen molar-refractivity contribution in [2.24, 2.45) is 11.7 Å². The quantitative estimate of drug-likeness (QED) is 0.485. The molecule has 1 aliphatic heterocycles. The Balaban J connectivity index is 2.12. The summed E-state index contributed by atoms with van der Waals surface area (Å²) < 4.78 is 10.5. The highest BCUT2D eigenvalue weighted by molar-refractivity contribution is 5.92. The molecule has 1 saturated heterocycles. The lowest BCUT2D eigenvalue weighted by atomic mass is 10.0. The fourth-order valence-electron chi connectivity index (χ4n) is 3.50. The molecule has 8 heteroatoms. The fourth-order valence-corrected chi connectivity index (χ4v) is 3.50. The van der Waals surface area contributed by atoms with E-state index in [4.69, 9.17) is 15.2 Å². The van der Waals surface area contributed by atoms with Gasteiger partial charge in [-0.05, 0) is 30.7 Å². The molecule has 0 spiro atoms. The maximum absolute atomic E-state index is 13.0. The molecule has 166 valence electrons. The second-order valence-corrected chi connectivity index (χ2v) is 8.02. The predicted molar refractivity (Wildman–Crippen MR) is 112 cm³/mol. The van der Waals surface area contributed by atoms with Gasteiger partial charge in [0.05, 0.1) is 13.2 Å². The molecule has 8 nitrogen and oxygen atoms in total. The monoisotopic (exact) mass is 419 g/mol. The number of esters is 1. The third-order valence-corrected chi connectivity index (χ3v) is 5.09. The molecular formula is C22H33N3O5. The number of carbonyl (C=O) groups is 3. The van der Waals surface area contributed by atoms with Crippen molar-refractivity contribution in [1.82, 2.24) is 10.6 Å². The van der Waals surface area contributed by atoms with Gasteiger partial charge in [-0.1, -0.05) is 44.2 Å². The summed E-state index contributed by atoms with van der Waals surface area (Å²) in [6.45, 7) is 4.26. The van der Waals surface area contributed by atoms with Crippen LogP contribution in [0.2, 0.25) is 0 Å². The molecule has 1 fully saturated rings. The number of hydrogen-bond donors (Lipinski definition) is 3. The van der Waals surface area contributed by atoms with E-state index in [0.29, 0.717) is 32.2 Å². The first kappa shape index (κ1) is 23.8. The summed E-state index contributed by atoms with van der Waals surface area (Å²) in [5.74, 6) is -1.11. The Morgan fingerprint density at radius 2 is 1.83 bits per heavy atom. The minimum absolute atomic E-state index is 0.142. The van der Waals surface area contributed by atoms with Crippen LogP contribution in [0.4, 0.5) is 0 Å². The van der Waals surface area contributed by atoms with Crippen LogP contribution in [-0.2, 0) is 30.3 Å².